The van der Waals surface area contributed by atoms with Crippen LogP contribution in [0.3, 0.4) is 0 Å². The minimum Gasteiger partial charge on any atom is -0.314 e. The Bertz CT molecular complexity index is 268. The molecule has 2 unspecified atom stereocenters. The van der Waals surface area contributed by atoms with E-state index < -0.39 is 9.84 Å². The van der Waals surface area contributed by atoms with Gasteiger partial charge in [0.2, 0.25) is 0 Å². The maximum absolute atomic E-state index is 11.5. The highest BCUT2D eigenvalue weighted by Crippen LogP contribution is 2.23. The molecule has 1 rings (SSSR count). The molecule has 1 saturated heterocycles. The molecule has 0 aromatic heterocycles. The molecule has 1 N–H and O–H groups in total. The maximum Gasteiger partial charge on any atom is 0.150 e. The van der Waals surface area contributed by atoms with Gasteiger partial charge in [0.25, 0.3) is 0 Å². The monoisotopic (exact) mass is 233 g/mol. The summed E-state index contributed by atoms with van der Waals surface area (Å²) in [5, 5.41) is 3.43. The highest BCUT2D eigenvalue weighted by Gasteiger charge is 2.29. The molecule has 0 aromatic rings. The summed E-state index contributed by atoms with van der Waals surface area (Å²) in [6.45, 7) is 5.17. The van der Waals surface area contributed by atoms with Gasteiger partial charge in [0, 0.05) is 6.04 Å². The van der Waals surface area contributed by atoms with Gasteiger partial charge in [-0.05, 0) is 31.7 Å². The standard InChI is InChI=1S/C11H23NO2S/c1-3-6-11(12-4-2)10-7-5-8-15(13,14)9-10/h10-12H,3-9H2,1-2H3. The highest BCUT2D eigenvalue weighted by atomic mass is 32.2. The Morgan fingerprint density at radius 1 is 1.40 bits per heavy atom. The van der Waals surface area contributed by atoms with E-state index in [2.05, 4.69) is 19.2 Å². The van der Waals surface area contributed by atoms with Gasteiger partial charge in [-0.2, -0.15) is 0 Å². The third-order valence-electron chi connectivity index (χ3n) is 3.13. The Morgan fingerprint density at radius 2 is 2.13 bits per heavy atom. The minimum atomic E-state index is -2.75. The second-order valence-electron chi connectivity index (χ2n) is 4.47. The van der Waals surface area contributed by atoms with Crippen molar-refractivity contribution in [3.63, 3.8) is 0 Å². The third-order valence-corrected chi connectivity index (χ3v) is 4.98. The zero-order chi connectivity index (χ0) is 11.3. The van der Waals surface area contributed by atoms with Crippen LogP contribution in [0.2, 0.25) is 0 Å². The number of hydrogen-bond acceptors (Lipinski definition) is 3. The molecule has 1 heterocycles. The van der Waals surface area contributed by atoms with Crippen molar-refractivity contribution in [3.8, 4) is 0 Å². The summed E-state index contributed by atoms with van der Waals surface area (Å²) in [5.41, 5.74) is 0. The second kappa shape index (κ2) is 5.85. The summed E-state index contributed by atoms with van der Waals surface area (Å²) >= 11 is 0. The topological polar surface area (TPSA) is 46.2 Å². The first kappa shape index (κ1) is 13.0. The fraction of sp³-hybridized carbons (Fsp3) is 1.00. The Hall–Kier alpha value is -0.0900. The number of nitrogens with one attached hydrogen (secondary N) is 1. The summed E-state index contributed by atoms with van der Waals surface area (Å²) in [4.78, 5) is 0. The van der Waals surface area contributed by atoms with Crippen LogP contribution in [-0.4, -0.2) is 32.5 Å². The Morgan fingerprint density at radius 3 is 2.67 bits per heavy atom. The van der Waals surface area contributed by atoms with Crippen LogP contribution in [0.1, 0.15) is 39.5 Å². The average molecular weight is 233 g/mol. The number of sulfone groups is 1. The molecule has 0 radical (unpaired) electrons. The van der Waals surface area contributed by atoms with Gasteiger partial charge >= 0.3 is 0 Å². The van der Waals surface area contributed by atoms with Crippen molar-refractivity contribution in [1.29, 1.82) is 0 Å². The minimum absolute atomic E-state index is 0.337. The summed E-state index contributed by atoms with van der Waals surface area (Å²) in [7, 11) is -2.75. The van der Waals surface area contributed by atoms with Crippen LogP contribution in [0.4, 0.5) is 0 Å². The van der Waals surface area contributed by atoms with Gasteiger partial charge in [0.05, 0.1) is 11.5 Å². The first-order valence-electron chi connectivity index (χ1n) is 6.03. The quantitative estimate of drug-likeness (QED) is 0.784. The molecule has 3 nitrogen and oxygen atoms in total. The zero-order valence-corrected chi connectivity index (χ0v) is 10.6. The van der Waals surface area contributed by atoms with E-state index >= 15 is 0 Å². The van der Waals surface area contributed by atoms with E-state index in [1.807, 2.05) is 0 Å². The van der Waals surface area contributed by atoms with Crippen LogP contribution in [0, 0.1) is 5.92 Å². The fourth-order valence-electron chi connectivity index (χ4n) is 2.45. The van der Waals surface area contributed by atoms with Gasteiger partial charge in [0.15, 0.2) is 9.84 Å². The summed E-state index contributed by atoms with van der Waals surface area (Å²) in [6.07, 6.45) is 4.12. The van der Waals surface area contributed by atoms with Crippen LogP contribution in [0.5, 0.6) is 0 Å². The maximum atomic E-state index is 11.5. The van der Waals surface area contributed by atoms with Gasteiger partial charge in [-0.3, -0.25) is 0 Å². The van der Waals surface area contributed by atoms with Gasteiger partial charge in [0.1, 0.15) is 0 Å². The van der Waals surface area contributed by atoms with Crippen LogP contribution in [-0.2, 0) is 9.84 Å². The highest BCUT2D eigenvalue weighted by molar-refractivity contribution is 7.91. The van der Waals surface area contributed by atoms with E-state index in [4.69, 9.17) is 0 Å². The molecule has 0 spiro atoms. The van der Waals surface area contributed by atoms with Crippen molar-refractivity contribution in [2.75, 3.05) is 18.1 Å². The van der Waals surface area contributed by atoms with Crippen LogP contribution in [0.15, 0.2) is 0 Å². The largest absolute Gasteiger partial charge is 0.314 e. The molecule has 1 aliphatic heterocycles. The van der Waals surface area contributed by atoms with Crippen molar-refractivity contribution in [1.82, 2.24) is 5.32 Å². The van der Waals surface area contributed by atoms with Crippen LogP contribution in [0.25, 0.3) is 0 Å². The van der Waals surface area contributed by atoms with Gasteiger partial charge < -0.3 is 5.32 Å². The smallest absolute Gasteiger partial charge is 0.150 e. The first-order valence-corrected chi connectivity index (χ1v) is 7.85. The molecule has 1 aliphatic rings. The normalized spacial score (nSPS) is 27.5. The van der Waals surface area contributed by atoms with Gasteiger partial charge in [-0.25, -0.2) is 8.42 Å². The predicted octanol–water partition coefficient (Wildman–Crippen LogP) is 1.59. The summed E-state index contributed by atoms with van der Waals surface area (Å²) < 4.78 is 23.1. The summed E-state index contributed by atoms with van der Waals surface area (Å²) in [6, 6.07) is 0.398. The molecule has 2 atom stereocenters. The van der Waals surface area contributed by atoms with E-state index in [9.17, 15) is 8.42 Å². The Balaban J connectivity index is 2.58. The fourth-order valence-corrected chi connectivity index (χ4v) is 4.28. The van der Waals surface area contributed by atoms with E-state index in [0.717, 1.165) is 32.2 Å². The molecule has 0 bridgehead atoms. The lowest BCUT2D eigenvalue weighted by atomic mass is 9.93. The lowest BCUT2D eigenvalue weighted by Gasteiger charge is -2.30. The zero-order valence-electron chi connectivity index (χ0n) is 9.83. The Kier molecular flexibility index (Phi) is 5.06. The van der Waals surface area contributed by atoms with Crippen molar-refractivity contribution in [3.05, 3.63) is 0 Å². The molecule has 1 fully saturated rings. The number of hydrogen-bond donors (Lipinski definition) is 1. The molecule has 15 heavy (non-hydrogen) atoms. The van der Waals surface area contributed by atoms with E-state index in [-0.39, 0.29) is 0 Å². The van der Waals surface area contributed by atoms with Crippen LogP contribution >= 0.6 is 0 Å². The van der Waals surface area contributed by atoms with E-state index in [0.29, 0.717) is 23.5 Å². The molecule has 4 heteroatoms. The lowest BCUT2D eigenvalue weighted by Crippen LogP contribution is -2.42. The Labute approximate surface area is 93.6 Å². The van der Waals surface area contributed by atoms with Gasteiger partial charge in [-0.15, -0.1) is 0 Å². The molecule has 0 amide bonds. The second-order valence-corrected chi connectivity index (χ2v) is 6.70. The molecule has 0 aromatic carbocycles. The first-order chi connectivity index (χ1) is 7.09. The van der Waals surface area contributed by atoms with E-state index in [1.54, 1.807) is 0 Å². The predicted molar refractivity (Wildman–Crippen MR) is 63.8 cm³/mol. The van der Waals surface area contributed by atoms with Crippen molar-refractivity contribution < 1.29 is 8.42 Å². The van der Waals surface area contributed by atoms with Crippen molar-refractivity contribution in [2.24, 2.45) is 5.92 Å². The molecular weight excluding hydrogens is 210 g/mol. The molecule has 90 valence electrons. The molecular formula is C11H23NO2S. The van der Waals surface area contributed by atoms with Crippen LogP contribution < -0.4 is 5.32 Å². The molecule has 0 aliphatic carbocycles. The number of rotatable bonds is 5. The van der Waals surface area contributed by atoms with Gasteiger partial charge in [-0.1, -0.05) is 20.3 Å². The third kappa shape index (κ3) is 4.11. The lowest BCUT2D eigenvalue weighted by molar-refractivity contribution is 0.333. The van der Waals surface area contributed by atoms with E-state index in [1.165, 1.54) is 0 Å². The molecule has 0 saturated carbocycles. The SMILES string of the molecule is CCCC(NCC)C1CCCS(=O)(=O)C1. The van der Waals surface area contributed by atoms with Crippen molar-refractivity contribution in [2.45, 2.75) is 45.6 Å². The van der Waals surface area contributed by atoms with Crippen molar-refractivity contribution >= 4 is 9.84 Å². The average Bonchev–Trinajstić information content (AvgIpc) is 2.16. The summed E-state index contributed by atoms with van der Waals surface area (Å²) in [5.74, 6) is 1.13.